The molecule has 1 aromatic carbocycles. The van der Waals surface area contributed by atoms with Crippen LogP contribution in [-0.4, -0.2) is 35.0 Å². The Morgan fingerprint density at radius 2 is 2.00 bits per heavy atom. The first-order chi connectivity index (χ1) is 13.2. The minimum Gasteiger partial charge on any atom is -0.464 e. The van der Waals surface area contributed by atoms with E-state index in [0.717, 1.165) is 23.4 Å². The number of imide groups is 1. The Morgan fingerprint density at radius 1 is 1.19 bits per heavy atom. The molecule has 0 bridgehead atoms. The van der Waals surface area contributed by atoms with Crippen molar-refractivity contribution in [2.75, 3.05) is 22.2 Å². The van der Waals surface area contributed by atoms with Crippen LogP contribution in [0.15, 0.2) is 42.7 Å². The van der Waals surface area contributed by atoms with Crippen molar-refractivity contribution in [2.24, 2.45) is 0 Å². The lowest BCUT2D eigenvalue weighted by atomic mass is 10.1. The van der Waals surface area contributed by atoms with Crippen molar-refractivity contribution >= 4 is 35.1 Å². The summed E-state index contributed by atoms with van der Waals surface area (Å²) in [6.45, 7) is 0. The van der Waals surface area contributed by atoms with Gasteiger partial charge in [0.1, 0.15) is 11.8 Å². The monoisotopic (exact) mass is 384 g/mol. The summed E-state index contributed by atoms with van der Waals surface area (Å²) >= 11 is 1.73. The van der Waals surface area contributed by atoms with Gasteiger partial charge in [-0.15, -0.1) is 0 Å². The highest BCUT2D eigenvalue weighted by molar-refractivity contribution is 7.98. The van der Waals surface area contributed by atoms with E-state index in [4.69, 9.17) is 4.74 Å². The number of carbonyl (C=O) groups excluding carboxylic acids is 2. The van der Waals surface area contributed by atoms with E-state index < -0.39 is 6.04 Å². The van der Waals surface area contributed by atoms with Gasteiger partial charge in [0.2, 0.25) is 0 Å². The molecule has 1 saturated heterocycles. The lowest BCUT2D eigenvalue weighted by Crippen LogP contribution is -2.31. The molecule has 27 heavy (non-hydrogen) atoms. The normalized spacial score (nSPS) is 20.9. The van der Waals surface area contributed by atoms with Gasteiger partial charge in [-0.1, -0.05) is 0 Å². The maximum atomic E-state index is 12.7. The van der Waals surface area contributed by atoms with Crippen LogP contribution in [0.25, 0.3) is 0 Å². The molecule has 140 valence electrons. The highest BCUT2D eigenvalue weighted by Gasteiger charge is 2.39. The average Bonchev–Trinajstić information content (AvgIpc) is 3.23. The van der Waals surface area contributed by atoms with Crippen molar-refractivity contribution in [1.29, 1.82) is 0 Å². The predicted octanol–water partition coefficient (Wildman–Crippen LogP) is 3.15. The summed E-state index contributed by atoms with van der Waals surface area (Å²) in [5, 5.41) is 6.06. The lowest BCUT2D eigenvalue weighted by Gasteiger charge is -2.14. The third-order valence-electron chi connectivity index (χ3n) is 4.62. The van der Waals surface area contributed by atoms with Crippen LogP contribution >= 0.6 is 11.8 Å². The maximum absolute atomic E-state index is 12.7. The van der Waals surface area contributed by atoms with Crippen LogP contribution in [0.2, 0.25) is 0 Å². The second-order valence-electron chi connectivity index (χ2n) is 6.41. The van der Waals surface area contributed by atoms with Gasteiger partial charge in [-0.2, -0.15) is 11.8 Å². The number of benzene rings is 1. The fourth-order valence-corrected chi connectivity index (χ4v) is 3.71. The highest BCUT2D eigenvalue weighted by atomic mass is 32.2. The van der Waals surface area contributed by atoms with E-state index in [-0.39, 0.29) is 18.2 Å². The first kappa shape index (κ1) is 17.7. The molecular formula is C19H20N4O3S. The van der Waals surface area contributed by atoms with Crippen LogP contribution in [-0.2, 0) is 4.79 Å². The molecule has 2 aromatic rings. The van der Waals surface area contributed by atoms with Crippen molar-refractivity contribution in [3.63, 3.8) is 0 Å². The Hall–Kier alpha value is -2.74. The van der Waals surface area contributed by atoms with Gasteiger partial charge in [0.05, 0.1) is 11.4 Å². The molecular weight excluding hydrogens is 364 g/mol. The Bertz CT molecular complexity index is 861. The van der Waals surface area contributed by atoms with Gasteiger partial charge in [-0.05, 0) is 49.1 Å². The molecule has 0 aliphatic carbocycles. The van der Waals surface area contributed by atoms with Gasteiger partial charge in [0.15, 0.2) is 6.23 Å². The third-order valence-corrected chi connectivity index (χ3v) is 5.32. The molecule has 7 nitrogen and oxygen atoms in total. The van der Waals surface area contributed by atoms with E-state index in [1.54, 1.807) is 36.3 Å². The quantitative estimate of drug-likeness (QED) is 0.588. The summed E-state index contributed by atoms with van der Waals surface area (Å²) in [7, 11) is 0. The maximum Gasteiger partial charge on any atom is 0.329 e. The third kappa shape index (κ3) is 3.44. The van der Waals surface area contributed by atoms with Crippen molar-refractivity contribution in [2.45, 2.75) is 25.1 Å². The summed E-state index contributed by atoms with van der Waals surface area (Å²) in [6, 6.07) is 8.22. The van der Waals surface area contributed by atoms with E-state index >= 15 is 0 Å². The second-order valence-corrected chi connectivity index (χ2v) is 7.40. The van der Waals surface area contributed by atoms with Crippen LogP contribution in [0.3, 0.4) is 0 Å². The van der Waals surface area contributed by atoms with Crippen LogP contribution in [0.4, 0.5) is 16.2 Å². The van der Waals surface area contributed by atoms with Gasteiger partial charge in [0.25, 0.3) is 5.91 Å². The smallest absolute Gasteiger partial charge is 0.329 e. The van der Waals surface area contributed by atoms with E-state index in [9.17, 15) is 9.59 Å². The molecule has 2 N–H and O–H groups in total. The first-order valence-electron chi connectivity index (χ1n) is 8.78. The number of nitrogens with zero attached hydrogens (tertiary/aromatic N) is 2. The lowest BCUT2D eigenvalue weighted by molar-refractivity contribution is -0.118. The number of hydrogen-bond donors (Lipinski definition) is 2. The SMILES string of the molecule is CSCCC[C@@H]1NC(=O)N(c2ccc3c(c2)O[C@@H](c2ccncc2)N3)C1=O. The van der Waals surface area contributed by atoms with Crippen molar-refractivity contribution < 1.29 is 14.3 Å². The molecule has 3 amide bonds. The standard InChI is InChI=1S/C19H20N4O3S/c1-27-10-2-3-15-18(24)23(19(25)22-15)13-4-5-14-16(11-13)26-17(21-14)12-6-8-20-9-7-12/h4-9,11,15,17,21H,2-3,10H2,1H3,(H,22,25)/t15-,17-/m0/s1. The molecule has 0 radical (unpaired) electrons. The van der Waals surface area contributed by atoms with Crippen LogP contribution < -0.4 is 20.3 Å². The summed E-state index contributed by atoms with van der Waals surface area (Å²) in [5.41, 5.74) is 2.29. The Labute approximate surface area is 161 Å². The largest absolute Gasteiger partial charge is 0.464 e. The van der Waals surface area contributed by atoms with E-state index in [1.807, 2.05) is 24.5 Å². The summed E-state index contributed by atoms with van der Waals surface area (Å²) < 4.78 is 5.96. The zero-order valence-corrected chi connectivity index (χ0v) is 15.7. The van der Waals surface area contributed by atoms with Crippen molar-refractivity contribution in [1.82, 2.24) is 10.3 Å². The Morgan fingerprint density at radius 3 is 2.78 bits per heavy atom. The molecule has 2 atom stereocenters. The molecule has 2 aliphatic heterocycles. The molecule has 1 aromatic heterocycles. The number of urea groups is 1. The number of amides is 3. The molecule has 8 heteroatoms. The second kappa shape index (κ2) is 7.48. The number of hydrogen-bond acceptors (Lipinski definition) is 6. The highest BCUT2D eigenvalue weighted by Crippen LogP contribution is 2.40. The fourth-order valence-electron chi connectivity index (χ4n) is 3.26. The van der Waals surface area contributed by atoms with Gasteiger partial charge in [-0.3, -0.25) is 9.78 Å². The minimum absolute atomic E-state index is 0.210. The van der Waals surface area contributed by atoms with E-state index in [0.29, 0.717) is 17.9 Å². The number of thioether (sulfide) groups is 1. The van der Waals surface area contributed by atoms with Crippen LogP contribution in [0.5, 0.6) is 5.75 Å². The van der Waals surface area contributed by atoms with Gasteiger partial charge < -0.3 is 15.4 Å². The number of fused-ring (bicyclic) bond motifs is 1. The summed E-state index contributed by atoms with van der Waals surface area (Å²) in [6.07, 6.45) is 6.66. The Kier molecular flexibility index (Phi) is 4.89. The number of aromatic nitrogens is 1. The zero-order chi connectivity index (χ0) is 18.8. The van der Waals surface area contributed by atoms with Crippen LogP contribution in [0.1, 0.15) is 24.6 Å². The number of rotatable bonds is 6. The molecule has 0 saturated carbocycles. The molecule has 0 unspecified atom stereocenters. The average molecular weight is 384 g/mol. The summed E-state index contributed by atoms with van der Waals surface area (Å²) in [4.78, 5) is 30.2. The number of ether oxygens (including phenoxy) is 1. The molecule has 2 aliphatic rings. The topological polar surface area (TPSA) is 83.6 Å². The fraction of sp³-hybridized carbons (Fsp3) is 0.316. The summed E-state index contributed by atoms with van der Waals surface area (Å²) in [5.74, 6) is 1.37. The molecule has 0 spiro atoms. The first-order valence-corrected chi connectivity index (χ1v) is 10.2. The predicted molar refractivity (Wildman–Crippen MR) is 105 cm³/mol. The molecule has 1 fully saturated rings. The van der Waals surface area contributed by atoms with E-state index in [1.165, 1.54) is 4.90 Å². The number of carbonyl (C=O) groups is 2. The number of nitrogens with one attached hydrogen (secondary N) is 2. The van der Waals surface area contributed by atoms with E-state index in [2.05, 4.69) is 15.6 Å². The van der Waals surface area contributed by atoms with Crippen molar-refractivity contribution in [3.8, 4) is 5.75 Å². The van der Waals surface area contributed by atoms with Crippen LogP contribution in [0, 0.1) is 0 Å². The van der Waals surface area contributed by atoms with Crippen molar-refractivity contribution in [3.05, 3.63) is 48.3 Å². The number of pyridine rings is 1. The van der Waals surface area contributed by atoms with Gasteiger partial charge >= 0.3 is 6.03 Å². The molecule has 4 rings (SSSR count). The zero-order valence-electron chi connectivity index (χ0n) is 14.8. The van der Waals surface area contributed by atoms with Gasteiger partial charge in [-0.25, -0.2) is 9.69 Å². The minimum atomic E-state index is -0.457. The Balaban J connectivity index is 1.50. The van der Waals surface area contributed by atoms with Gasteiger partial charge in [0, 0.05) is 24.0 Å². The molecule has 3 heterocycles. The number of anilines is 2.